The molecule has 11 heteroatoms. The number of amides is 2. The molecule has 0 aliphatic rings. The Morgan fingerprint density at radius 1 is 0.971 bits per heavy atom. The normalized spacial score (nSPS) is 10.7. The van der Waals surface area contributed by atoms with Crippen LogP contribution in [-0.2, 0) is 11.2 Å². The highest BCUT2D eigenvalue weighted by Crippen LogP contribution is 2.19. The second-order valence-electron chi connectivity index (χ2n) is 7.36. The number of carbonyl (C=O) groups is 2. The molecule has 0 bridgehead atoms. The Bertz CT molecular complexity index is 1330. The Kier molecular flexibility index (Phi) is 7.78. The van der Waals surface area contributed by atoms with Crippen molar-refractivity contribution in [2.75, 3.05) is 31.8 Å². The van der Waals surface area contributed by atoms with Gasteiger partial charge in [0.1, 0.15) is 16.5 Å². The first-order chi connectivity index (χ1) is 17.1. The van der Waals surface area contributed by atoms with E-state index in [-0.39, 0.29) is 17.6 Å². The minimum Gasteiger partial charge on any atom is -0.497 e. The molecule has 4 aromatic rings. The zero-order valence-electron chi connectivity index (χ0n) is 19.2. The molecule has 2 aromatic carbocycles. The highest BCUT2D eigenvalue weighted by molar-refractivity contribution is 7.99. The van der Waals surface area contributed by atoms with Crippen molar-refractivity contribution in [1.29, 1.82) is 0 Å². The predicted octanol–water partition coefficient (Wildman–Crippen LogP) is 2.84. The minimum absolute atomic E-state index is 0.157. The number of nitrogens with one attached hydrogen (secondary N) is 2. The first-order valence-corrected chi connectivity index (χ1v) is 11.7. The summed E-state index contributed by atoms with van der Waals surface area (Å²) in [7, 11) is 3.15. The molecule has 0 aliphatic heterocycles. The molecule has 0 saturated carbocycles. The average Bonchev–Trinajstić information content (AvgIpc) is 3.29. The fourth-order valence-corrected chi connectivity index (χ4v) is 3.87. The van der Waals surface area contributed by atoms with Gasteiger partial charge in [0.15, 0.2) is 11.5 Å². The van der Waals surface area contributed by atoms with Crippen LogP contribution in [0.3, 0.4) is 0 Å². The third kappa shape index (κ3) is 6.27. The van der Waals surface area contributed by atoms with E-state index in [0.29, 0.717) is 52.2 Å². The van der Waals surface area contributed by atoms with Crippen LogP contribution in [0.15, 0.2) is 65.7 Å². The number of rotatable bonds is 10. The van der Waals surface area contributed by atoms with Crippen LogP contribution in [0.1, 0.15) is 16.2 Å². The summed E-state index contributed by atoms with van der Waals surface area (Å²) < 4.78 is 11.9. The first-order valence-electron chi connectivity index (χ1n) is 10.8. The molecular weight excluding hydrogens is 468 g/mol. The van der Waals surface area contributed by atoms with Gasteiger partial charge in [-0.15, -0.1) is 10.2 Å². The van der Waals surface area contributed by atoms with Crippen molar-refractivity contribution in [2.45, 2.75) is 11.4 Å². The summed E-state index contributed by atoms with van der Waals surface area (Å²) in [6.45, 7) is 0.369. The average molecular weight is 493 g/mol. The van der Waals surface area contributed by atoms with E-state index < -0.39 is 0 Å². The predicted molar refractivity (Wildman–Crippen MR) is 132 cm³/mol. The molecule has 0 spiro atoms. The summed E-state index contributed by atoms with van der Waals surface area (Å²) in [5.41, 5.74) is 1.80. The number of thioether (sulfide) groups is 1. The van der Waals surface area contributed by atoms with Gasteiger partial charge < -0.3 is 20.1 Å². The van der Waals surface area contributed by atoms with Gasteiger partial charge in [0.2, 0.25) is 5.91 Å². The number of hydrogen-bond acceptors (Lipinski definition) is 8. The summed E-state index contributed by atoms with van der Waals surface area (Å²) in [4.78, 5) is 24.7. The molecule has 0 fully saturated rings. The van der Waals surface area contributed by atoms with E-state index in [1.54, 1.807) is 67.3 Å². The molecule has 0 unspecified atom stereocenters. The van der Waals surface area contributed by atoms with Crippen LogP contribution >= 0.6 is 11.8 Å². The van der Waals surface area contributed by atoms with Crippen LogP contribution in [0, 0.1) is 0 Å². The van der Waals surface area contributed by atoms with E-state index in [1.807, 2.05) is 12.1 Å². The van der Waals surface area contributed by atoms with Gasteiger partial charge in [0, 0.05) is 30.3 Å². The maximum atomic E-state index is 12.3. The van der Waals surface area contributed by atoms with E-state index in [2.05, 4.69) is 25.9 Å². The number of aromatic nitrogens is 4. The molecule has 2 N–H and O–H groups in total. The topological polar surface area (TPSA) is 120 Å². The van der Waals surface area contributed by atoms with Crippen LogP contribution in [0.5, 0.6) is 11.5 Å². The second-order valence-corrected chi connectivity index (χ2v) is 8.36. The van der Waals surface area contributed by atoms with Crippen molar-refractivity contribution in [3.63, 3.8) is 0 Å². The van der Waals surface area contributed by atoms with Crippen molar-refractivity contribution in [2.24, 2.45) is 0 Å². The summed E-state index contributed by atoms with van der Waals surface area (Å²) in [6, 6.07) is 17.6. The molecule has 4 rings (SSSR count). The number of methoxy groups -OCH3 is 2. The molecule has 0 radical (unpaired) electrons. The highest BCUT2D eigenvalue weighted by atomic mass is 32.2. The summed E-state index contributed by atoms with van der Waals surface area (Å²) >= 11 is 1.30. The van der Waals surface area contributed by atoms with Gasteiger partial charge in [-0.1, -0.05) is 17.8 Å². The molecule has 0 aliphatic carbocycles. The van der Waals surface area contributed by atoms with E-state index in [4.69, 9.17) is 9.47 Å². The Balaban J connectivity index is 1.32. The Morgan fingerprint density at radius 3 is 2.54 bits per heavy atom. The third-order valence-corrected chi connectivity index (χ3v) is 5.91. The molecule has 2 aromatic heterocycles. The maximum absolute atomic E-state index is 12.3. The van der Waals surface area contributed by atoms with E-state index in [0.717, 1.165) is 0 Å². The van der Waals surface area contributed by atoms with E-state index >= 15 is 0 Å². The molecule has 2 amide bonds. The zero-order chi connectivity index (χ0) is 24.6. The van der Waals surface area contributed by atoms with Gasteiger partial charge in [0.05, 0.1) is 20.0 Å². The van der Waals surface area contributed by atoms with Gasteiger partial charge in [-0.2, -0.15) is 9.61 Å². The number of anilines is 1. The summed E-state index contributed by atoms with van der Waals surface area (Å²) in [5, 5.41) is 19.2. The van der Waals surface area contributed by atoms with Gasteiger partial charge in [-0.25, -0.2) is 0 Å². The third-order valence-electron chi connectivity index (χ3n) is 4.99. The van der Waals surface area contributed by atoms with E-state index in [1.165, 1.54) is 11.8 Å². The lowest BCUT2D eigenvalue weighted by atomic mass is 10.2. The van der Waals surface area contributed by atoms with Crippen molar-refractivity contribution in [3.8, 4) is 11.5 Å². The van der Waals surface area contributed by atoms with Gasteiger partial charge in [0.25, 0.3) is 5.91 Å². The van der Waals surface area contributed by atoms with E-state index in [9.17, 15) is 9.59 Å². The molecule has 0 saturated heterocycles. The van der Waals surface area contributed by atoms with Gasteiger partial charge >= 0.3 is 0 Å². The fraction of sp³-hybridized carbons (Fsp3) is 0.208. The maximum Gasteiger partial charge on any atom is 0.251 e. The second kappa shape index (κ2) is 11.3. The largest absolute Gasteiger partial charge is 0.497 e. The molecule has 180 valence electrons. The molecule has 10 nitrogen and oxygen atoms in total. The number of carbonyl (C=O) groups excluding carboxylic acids is 2. The van der Waals surface area contributed by atoms with Crippen molar-refractivity contribution in [3.05, 3.63) is 72.1 Å². The zero-order valence-corrected chi connectivity index (χ0v) is 20.0. The van der Waals surface area contributed by atoms with Crippen LogP contribution < -0.4 is 20.1 Å². The molecule has 35 heavy (non-hydrogen) atoms. The number of nitrogens with zero attached hydrogens (tertiary/aromatic N) is 4. The fourth-order valence-electron chi connectivity index (χ4n) is 3.22. The Hall–Kier alpha value is -4.12. The number of fused-ring (bicyclic) bond motifs is 1. The van der Waals surface area contributed by atoms with Crippen molar-refractivity contribution in [1.82, 2.24) is 25.1 Å². The van der Waals surface area contributed by atoms with Gasteiger partial charge in [-0.3, -0.25) is 9.59 Å². The summed E-state index contributed by atoms with van der Waals surface area (Å²) in [5.74, 6) is 1.81. The number of ether oxygens (including phenoxy) is 2. The smallest absolute Gasteiger partial charge is 0.251 e. The van der Waals surface area contributed by atoms with Gasteiger partial charge in [-0.05, 0) is 48.5 Å². The summed E-state index contributed by atoms with van der Waals surface area (Å²) in [6.07, 6.45) is 0.445. The van der Waals surface area contributed by atoms with Crippen LogP contribution in [0.4, 0.5) is 5.69 Å². The number of benzene rings is 2. The number of hydrogen-bond donors (Lipinski definition) is 2. The standard InChI is InChI=1S/C24H24N6O4S/c1-33-18-8-6-16(7-9-18)24(32)25-13-12-21-28-27-20-10-11-23(29-30(20)21)35-15-22(31)26-17-4-3-5-19(14-17)34-2/h3-11,14H,12-13,15H2,1-2H3,(H,25,32)(H,26,31). The monoisotopic (exact) mass is 492 g/mol. The molecule has 0 atom stereocenters. The van der Waals surface area contributed by atoms with Crippen LogP contribution in [-0.4, -0.2) is 58.1 Å². The quantitative estimate of drug-likeness (QED) is 0.324. The highest BCUT2D eigenvalue weighted by Gasteiger charge is 2.11. The lowest BCUT2D eigenvalue weighted by Crippen LogP contribution is -2.26. The lowest BCUT2D eigenvalue weighted by Gasteiger charge is -2.07. The first kappa shape index (κ1) is 24.0. The lowest BCUT2D eigenvalue weighted by molar-refractivity contribution is -0.113. The van der Waals surface area contributed by atoms with Crippen molar-refractivity contribution < 1.29 is 19.1 Å². The van der Waals surface area contributed by atoms with Crippen molar-refractivity contribution >= 4 is 34.9 Å². The Morgan fingerprint density at radius 2 is 1.77 bits per heavy atom. The minimum atomic E-state index is -0.187. The Labute approximate surface area is 206 Å². The molecular formula is C24H24N6O4S. The van der Waals surface area contributed by atoms with Crippen LogP contribution in [0.2, 0.25) is 0 Å². The molecule has 2 heterocycles. The van der Waals surface area contributed by atoms with Crippen LogP contribution in [0.25, 0.3) is 5.65 Å². The SMILES string of the molecule is COc1ccc(C(=O)NCCc2nnc3ccc(SCC(=O)Nc4cccc(OC)c4)nn23)cc1.